The molecule has 0 aliphatic rings. The summed E-state index contributed by atoms with van der Waals surface area (Å²) >= 11 is 8.50. The Labute approximate surface area is 133 Å². The Kier molecular flexibility index (Phi) is 3.93. The van der Waals surface area contributed by atoms with Crippen molar-refractivity contribution in [1.82, 2.24) is 4.57 Å². The van der Waals surface area contributed by atoms with Gasteiger partial charge in [-0.05, 0) is 30.3 Å². The lowest BCUT2D eigenvalue weighted by atomic mass is 10.3. The first kappa shape index (κ1) is 14.4. The van der Waals surface area contributed by atoms with Crippen LogP contribution in [0.15, 0.2) is 35.3 Å². The molecule has 21 heavy (non-hydrogen) atoms. The van der Waals surface area contributed by atoms with Gasteiger partial charge in [0.2, 0.25) is 0 Å². The minimum Gasteiger partial charge on any atom is -0.319 e. The molecule has 2 heterocycles. The van der Waals surface area contributed by atoms with E-state index in [-0.39, 0.29) is 18.1 Å². The lowest BCUT2D eigenvalue weighted by Crippen LogP contribution is -2.13. The van der Waals surface area contributed by atoms with Crippen LogP contribution in [0.4, 0.5) is 4.39 Å². The number of hydrogen-bond acceptors (Lipinski definition) is 3. The number of carbonyl (C=O) groups is 1. The zero-order chi connectivity index (χ0) is 15.0. The highest BCUT2D eigenvalue weighted by atomic mass is 35.5. The van der Waals surface area contributed by atoms with E-state index in [1.807, 2.05) is 13.1 Å². The summed E-state index contributed by atoms with van der Waals surface area (Å²) in [5.74, 6) is -0.536. The lowest BCUT2D eigenvalue weighted by molar-refractivity contribution is -0.117. The second kappa shape index (κ2) is 5.71. The maximum absolute atomic E-state index is 13.2. The van der Waals surface area contributed by atoms with Crippen LogP contribution in [-0.2, 0) is 18.3 Å². The summed E-state index contributed by atoms with van der Waals surface area (Å²) in [6.45, 7) is 0. The number of benzene rings is 1. The molecule has 108 valence electrons. The van der Waals surface area contributed by atoms with E-state index >= 15 is 0 Å². The number of halogens is 2. The fourth-order valence-corrected chi connectivity index (χ4v) is 4.10. The van der Waals surface area contributed by atoms with Gasteiger partial charge in [-0.2, -0.15) is 4.99 Å². The van der Waals surface area contributed by atoms with Crippen LogP contribution in [-0.4, -0.2) is 10.5 Å². The number of thiazole rings is 1. The van der Waals surface area contributed by atoms with Crippen molar-refractivity contribution < 1.29 is 9.18 Å². The number of fused-ring (bicyclic) bond motifs is 1. The Morgan fingerprint density at radius 3 is 2.86 bits per heavy atom. The molecule has 0 saturated heterocycles. The molecule has 2 aromatic heterocycles. The summed E-state index contributed by atoms with van der Waals surface area (Å²) in [7, 11) is 1.81. The van der Waals surface area contributed by atoms with E-state index in [9.17, 15) is 9.18 Å². The van der Waals surface area contributed by atoms with Crippen molar-refractivity contribution in [1.29, 1.82) is 0 Å². The normalized spacial score (nSPS) is 12.2. The number of hydrogen-bond donors (Lipinski definition) is 0. The highest BCUT2D eigenvalue weighted by Crippen LogP contribution is 2.22. The molecule has 0 aliphatic carbocycles. The number of thiophene rings is 1. The average molecular weight is 341 g/mol. The zero-order valence-electron chi connectivity index (χ0n) is 11.0. The van der Waals surface area contributed by atoms with Crippen LogP contribution in [0.3, 0.4) is 0 Å². The van der Waals surface area contributed by atoms with Gasteiger partial charge in [0.25, 0.3) is 5.91 Å². The molecule has 0 radical (unpaired) electrons. The molecule has 0 fully saturated rings. The molecule has 3 aromatic rings. The van der Waals surface area contributed by atoms with Crippen LogP contribution in [0.2, 0.25) is 4.34 Å². The third kappa shape index (κ3) is 3.07. The van der Waals surface area contributed by atoms with Gasteiger partial charge in [-0.1, -0.05) is 22.9 Å². The number of amides is 1. The molecule has 1 aromatic carbocycles. The van der Waals surface area contributed by atoms with Crippen molar-refractivity contribution in [2.24, 2.45) is 12.0 Å². The molecule has 0 saturated carbocycles. The van der Waals surface area contributed by atoms with Crippen molar-refractivity contribution in [3.05, 3.63) is 50.2 Å². The Balaban J connectivity index is 1.95. The Morgan fingerprint density at radius 1 is 1.33 bits per heavy atom. The maximum atomic E-state index is 13.2. The second-order valence-corrected chi connectivity index (χ2v) is 7.25. The van der Waals surface area contributed by atoms with Crippen LogP contribution in [0.1, 0.15) is 4.88 Å². The molecule has 3 nitrogen and oxygen atoms in total. The number of rotatable bonds is 2. The number of aryl methyl sites for hydroxylation is 1. The summed E-state index contributed by atoms with van der Waals surface area (Å²) in [4.78, 5) is 17.6. The summed E-state index contributed by atoms with van der Waals surface area (Å²) in [5, 5.41) is 0. The largest absolute Gasteiger partial charge is 0.319 e. The minimum absolute atomic E-state index is 0.222. The van der Waals surface area contributed by atoms with Gasteiger partial charge in [0, 0.05) is 11.9 Å². The van der Waals surface area contributed by atoms with E-state index < -0.39 is 0 Å². The first-order chi connectivity index (χ1) is 10.0. The van der Waals surface area contributed by atoms with Gasteiger partial charge in [0.1, 0.15) is 5.82 Å². The van der Waals surface area contributed by atoms with Crippen molar-refractivity contribution in [2.45, 2.75) is 6.42 Å². The van der Waals surface area contributed by atoms with Gasteiger partial charge in [-0.25, -0.2) is 4.39 Å². The van der Waals surface area contributed by atoms with E-state index in [1.54, 1.807) is 16.7 Å². The second-order valence-electron chi connectivity index (χ2n) is 4.44. The van der Waals surface area contributed by atoms with Crippen molar-refractivity contribution in [2.75, 3.05) is 0 Å². The summed E-state index contributed by atoms with van der Waals surface area (Å²) < 4.78 is 16.4. The molecule has 1 amide bonds. The predicted molar refractivity (Wildman–Crippen MR) is 84.4 cm³/mol. The summed E-state index contributed by atoms with van der Waals surface area (Å²) in [5.41, 5.74) is 0.854. The highest BCUT2D eigenvalue weighted by molar-refractivity contribution is 7.16. The van der Waals surface area contributed by atoms with Gasteiger partial charge in [0.15, 0.2) is 4.80 Å². The SMILES string of the molecule is Cn1c(=NC(=O)Cc2ccc(Cl)s2)sc2cc(F)ccc21. The molecule has 0 atom stereocenters. The van der Waals surface area contributed by atoms with Gasteiger partial charge >= 0.3 is 0 Å². The fraction of sp³-hybridized carbons (Fsp3) is 0.143. The van der Waals surface area contributed by atoms with Crippen LogP contribution in [0.25, 0.3) is 10.2 Å². The number of aromatic nitrogens is 1. The predicted octanol–water partition coefficient (Wildman–Crippen LogP) is 3.76. The van der Waals surface area contributed by atoms with Crippen molar-refractivity contribution in [3.63, 3.8) is 0 Å². The molecule has 7 heteroatoms. The summed E-state index contributed by atoms with van der Waals surface area (Å²) in [6.07, 6.45) is 0.222. The Bertz CT molecular complexity index is 894. The molecular weight excluding hydrogens is 331 g/mol. The van der Waals surface area contributed by atoms with Gasteiger partial charge < -0.3 is 4.57 Å². The molecule has 3 rings (SSSR count). The molecular formula is C14H10ClFN2OS2. The molecule has 0 bridgehead atoms. The Hall–Kier alpha value is -1.50. The molecule has 0 aliphatic heterocycles. The molecule has 0 spiro atoms. The average Bonchev–Trinajstić information content (AvgIpc) is 2.94. The topological polar surface area (TPSA) is 34.4 Å². The van der Waals surface area contributed by atoms with E-state index in [0.717, 1.165) is 15.1 Å². The van der Waals surface area contributed by atoms with E-state index in [0.29, 0.717) is 9.14 Å². The van der Waals surface area contributed by atoms with E-state index in [4.69, 9.17) is 11.6 Å². The first-order valence-corrected chi connectivity index (χ1v) is 8.11. The lowest BCUT2D eigenvalue weighted by Gasteiger charge is -1.95. The summed E-state index contributed by atoms with van der Waals surface area (Å²) in [6, 6.07) is 8.11. The van der Waals surface area contributed by atoms with Crippen LogP contribution in [0, 0.1) is 5.82 Å². The smallest absolute Gasteiger partial charge is 0.253 e. The monoisotopic (exact) mass is 340 g/mol. The first-order valence-electron chi connectivity index (χ1n) is 6.10. The molecule has 0 unspecified atom stereocenters. The van der Waals surface area contributed by atoms with Crippen molar-refractivity contribution >= 4 is 50.4 Å². The maximum Gasteiger partial charge on any atom is 0.253 e. The highest BCUT2D eigenvalue weighted by Gasteiger charge is 2.08. The van der Waals surface area contributed by atoms with Crippen molar-refractivity contribution in [3.8, 4) is 0 Å². The third-order valence-corrected chi connectivity index (χ3v) is 5.27. The fourth-order valence-electron chi connectivity index (χ4n) is 1.96. The van der Waals surface area contributed by atoms with Crippen LogP contribution < -0.4 is 4.80 Å². The van der Waals surface area contributed by atoms with Crippen LogP contribution >= 0.6 is 34.3 Å². The molecule has 0 N–H and O–H groups in total. The zero-order valence-corrected chi connectivity index (χ0v) is 13.4. The van der Waals surface area contributed by atoms with Crippen LogP contribution in [0.5, 0.6) is 0 Å². The van der Waals surface area contributed by atoms with E-state index in [2.05, 4.69) is 4.99 Å². The Morgan fingerprint density at radius 2 is 2.14 bits per heavy atom. The van der Waals surface area contributed by atoms with Gasteiger partial charge in [-0.15, -0.1) is 11.3 Å². The minimum atomic E-state index is -0.296. The number of carbonyl (C=O) groups excluding carboxylic acids is 1. The van der Waals surface area contributed by atoms with E-state index in [1.165, 1.54) is 34.8 Å². The van der Waals surface area contributed by atoms with Gasteiger partial charge in [-0.3, -0.25) is 4.79 Å². The van der Waals surface area contributed by atoms with Gasteiger partial charge in [0.05, 0.1) is 21.0 Å². The third-order valence-electron chi connectivity index (χ3n) is 2.95. The standard InChI is InChI=1S/C14H10ClFN2OS2/c1-18-10-4-2-8(16)6-11(10)21-14(18)17-13(19)7-9-3-5-12(15)20-9/h2-6H,7H2,1H3. The number of nitrogens with zero attached hydrogens (tertiary/aromatic N) is 2. The quantitative estimate of drug-likeness (QED) is 0.699.